The SMILES string of the molecule is O=C1CC2CC=CC=C2C=C2CCCN12. The van der Waals surface area contributed by atoms with Crippen LogP contribution in [0.5, 0.6) is 0 Å². The molecule has 0 N–H and O–H groups in total. The van der Waals surface area contributed by atoms with Gasteiger partial charge in [-0.1, -0.05) is 18.2 Å². The molecule has 1 atom stereocenters. The van der Waals surface area contributed by atoms with E-state index in [4.69, 9.17) is 0 Å². The molecule has 0 aromatic heterocycles. The van der Waals surface area contributed by atoms with Crippen LogP contribution in [0, 0.1) is 5.92 Å². The lowest BCUT2D eigenvalue weighted by atomic mass is 9.88. The number of allylic oxidation sites excluding steroid dienone is 6. The van der Waals surface area contributed by atoms with Gasteiger partial charge in [0.05, 0.1) is 0 Å². The molecule has 2 nitrogen and oxygen atoms in total. The van der Waals surface area contributed by atoms with Gasteiger partial charge in [0, 0.05) is 18.7 Å². The lowest BCUT2D eigenvalue weighted by molar-refractivity contribution is -0.129. The molecule has 3 rings (SSSR count). The summed E-state index contributed by atoms with van der Waals surface area (Å²) < 4.78 is 0. The summed E-state index contributed by atoms with van der Waals surface area (Å²) >= 11 is 0. The summed E-state index contributed by atoms with van der Waals surface area (Å²) in [6.07, 6.45) is 12.6. The van der Waals surface area contributed by atoms with Gasteiger partial charge < -0.3 is 4.90 Å². The van der Waals surface area contributed by atoms with Crippen LogP contribution in [0.15, 0.2) is 35.6 Å². The van der Waals surface area contributed by atoms with Crippen LogP contribution in [0.4, 0.5) is 0 Å². The smallest absolute Gasteiger partial charge is 0.227 e. The highest BCUT2D eigenvalue weighted by molar-refractivity contribution is 5.80. The van der Waals surface area contributed by atoms with Crippen molar-refractivity contribution < 1.29 is 4.79 Å². The number of hydrogen-bond acceptors (Lipinski definition) is 1. The highest BCUT2D eigenvalue weighted by Crippen LogP contribution is 2.34. The average molecular weight is 201 g/mol. The van der Waals surface area contributed by atoms with Crippen LogP contribution in [0.25, 0.3) is 0 Å². The summed E-state index contributed by atoms with van der Waals surface area (Å²) in [5.74, 6) is 0.753. The van der Waals surface area contributed by atoms with Gasteiger partial charge in [-0.3, -0.25) is 4.79 Å². The van der Waals surface area contributed by atoms with Crippen LogP contribution in [0.2, 0.25) is 0 Å². The Morgan fingerprint density at radius 2 is 2.33 bits per heavy atom. The summed E-state index contributed by atoms with van der Waals surface area (Å²) in [7, 11) is 0. The second-order valence-electron chi connectivity index (χ2n) is 4.52. The molecule has 0 spiro atoms. The predicted molar refractivity (Wildman–Crippen MR) is 59.0 cm³/mol. The van der Waals surface area contributed by atoms with Crippen molar-refractivity contribution in [2.75, 3.05) is 6.54 Å². The quantitative estimate of drug-likeness (QED) is 0.589. The van der Waals surface area contributed by atoms with Crippen LogP contribution < -0.4 is 0 Å². The van der Waals surface area contributed by atoms with E-state index in [2.05, 4.69) is 24.3 Å². The molecule has 0 bridgehead atoms. The Labute approximate surface area is 90.0 Å². The molecule has 1 saturated heterocycles. The zero-order chi connectivity index (χ0) is 10.3. The Hall–Kier alpha value is -1.31. The van der Waals surface area contributed by atoms with Gasteiger partial charge in [0.25, 0.3) is 0 Å². The van der Waals surface area contributed by atoms with Gasteiger partial charge in [-0.2, -0.15) is 0 Å². The molecule has 2 heterocycles. The first-order chi connectivity index (χ1) is 7.34. The van der Waals surface area contributed by atoms with Crippen molar-refractivity contribution in [2.24, 2.45) is 5.92 Å². The van der Waals surface area contributed by atoms with Crippen molar-refractivity contribution >= 4 is 5.91 Å². The molecular formula is C13H15NO. The number of rotatable bonds is 0. The fourth-order valence-corrected chi connectivity index (χ4v) is 2.71. The summed E-state index contributed by atoms with van der Waals surface area (Å²) in [6.45, 7) is 0.929. The monoisotopic (exact) mass is 201 g/mol. The van der Waals surface area contributed by atoms with E-state index < -0.39 is 0 Å². The summed E-state index contributed by atoms with van der Waals surface area (Å²) in [6, 6.07) is 0. The van der Waals surface area contributed by atoms with Gasteiger partial charge in [-0.05, 0) is 36.8 Å². The normalized spacial score (nSPS) is 29.2. The van der Waals surface area contributed by atoms with Gasteiger partial charge >= 0.3 is 0 Å². The molecule has 0 radical (unpaired) electrons. The van der Waals surface area contributed by atoms with Crippen molar-refractivity contribution in [3.05, 3.63) is 35.6 Å². The van der Waals surface area contributed by atoms with Crippen molar-refractivity contribution in [3.63, 3.8) is 0 Å². The van der Waals surface area contributed by atoms with Gasteiger partial charge in [-0.15, -0.1) is 0 Å². The summed E-state index contributed by atoms with van der Waals surface area (Å²) in [5, 5.41) is 0. The Balaban J connectivity index is 2.01. The van der Waals surface area contributed by atoms with Crippen LogP contribution in [0.1, 0.15) is 25.7 Å². The molecule has 15 heavy (non-hydrogen) atoms. The highest BCUT2D eigenvalue weighted by atomic mass is 16.2. The topological polar surface area (TPSA) is 20.3 Å². The van der Waals surface area contributed by atoms with Crippen LogP contribution in [-0.2, 0) is 4.79 Å². The number of carbonyl (C=O) groups is 1. The minimum Gasteiger partial charge on any atom is -0.316 e. The largest absolute Gasteiger partial charge is 0.316 e. The zero-order valence-electron chi connectivity index (χ0n) is 8.78. The Morgan fingerprint density at radius 1 is 1.40 bits per heavy atom. The van der Waals surface area contributed by atoms with Crippen molar-refractivity contribution in [1.29, 1.82) is 0 Å². The fraction of sp³-hybridized carbons (Fsp3) is 0.462. The number of fused-ring (bicyclic) bond motifs is 2. The van der Waals surface area contributed by atoms with Gasteiger partial charge in [0.1, 0.15) is 0 Å². The van der Waals surface area contributed by atoms with Gasteiger partial charge in [0.2, 0.25) is 5.91 Å². The molecular weight excluding hydrogens is 186 g/mol. The van der Waals surface area contributed by atoms with E-state index in [-0.39, 0.29) is 0 Å². The third-order valence-electron chi connectivity index (χ3n) is 3.53. The van der Waals surface area contributed by atoms with E-state index in [0.717, 1.165) is 25.8 Å². The van der Waals surface area contributed by atoms with Gasteiger partial charge in [0.15, 0.2) is 0 Å². The third kappa shape index (κ3) is 1.44. The molecule has 0 saturated carbocycles. The Bertz CT molecular complexity index is 389. The molecule has 2 heteroatoms. The van der Waals surface area contributed by atoms with Gasteiger partial charge in [-0.25, -0.2) is 0 Å². The molecule has 0 aromatic rings. The number of nitrogens with zero attached hydrogens (tertiary/aromatic N) is 1. The van der Waals surface area contributed by atoms with Crippen molar-refractivity contribution in [3.8, 4) is 0 Å². The van der Waals surface area contributed by atoms with Crippen molar-refractivity contribution in [1.82, 2.24) is 4.90 Å². The molecule has 1 aliphatic carbocycles. The molecule has 1 fully saturated rings. The molecule has 1 amide bonds. The molecule has 1 unspecified atom stereocenters. The predicted octanol–water partition coefficient (Wildman–Crippen LogP) is 2.40. The fourth-order valence-electron chi connectivity index (χ4n) is 2.71. The van der Waals surface area contributed by atoms with E-state index in [1.165, 1.54) is 11.3 Å². The lowest BCUT2D eigenvalue weighted by Gasteiger charge is -2.18. The van der Waals surface area contributed by atoms with Crippen molar-refractivity contribution in [2.45, 2.75) is 25.7 Å². The van der Waals surface area contributed by atoms with E-state index in [1.807, 2.05) is 4.90 Å². The second kappa shape index (κ2) is 3.37. The Morgan fingerprint density at radius 3 is 3.27 bits per heavy atom. The highest BCUT2D eigenvalue weighted by Gasteiger charge is 2.30. The lowest BCUT2D eigenvalue weighted by Crippen LogP contribution is -2.26. The number of carbonyl (C=O) groups excluding carboxylic acids is 1. The average Bonchev–Trinajstić information content (AvgIpc) is 2.64. The zero-order valence-corrected chi connectivity index (χ0v) is 8.78. The van der Waals surface area contributed by atoms with Crippen LogP contribution in [-0.4, -0.2) is 17.4 Å². The molecule has 78 valence electrons. The maximum Gasteiger partial charge on any atom is 0.227 e. The van der Waals surface area contributed by atoms with E-state index in [9.17, 15) is 4.79 Å². The standard InChI is InChI=1S/C13H15NO/c15-13-9-11-5-2-1-4-10(11)8-12-6-3-7-14(12)13/h1-2,4,8,11H,3,5-7,9H2. The number of amides is 1. The van der Waals surface area contributed by atoms with Crippen LogP contribution >= 0.6 is 0 Å². The summed E-state index contributed by atoms with van der Waals surface area (Å²) in [5.41, 5.74) is 2.59. The first-order valence-corrected chi connectivity index (χ1v) is 5.72. The first kappa shape index (κ1) is 8.96. The second-order valence-corrected chi connectivity index (χ2v) is 4.52. The molecule has 0 aromatic carbocycles. The minimum atomic E-state index is 0.322. The summed E-state index contributed by atoms with van der Waals surface area (Å²) in [4.78, 5) is 14.0. The van der Waals surface area contributed by atoms with E-state index in [0.29, 0.717) is 18.2 Å². The Kier molecular flexibility index (Phi) is 2.01. The third-order valence-corrected chi connectivity index (χ3v) is 3.53. The van der Waals surface area contributed by atoms with Crippen LogP contribution in [0.3, 0.4) is 0 Å². The van der Waals surface area contributed by atoms with E-state index >= 15 is 0 Å². The number of hydrogen-bond donors (Lipinski definition) is 0. The maximum atomic E-state index is 12.0. The first-order valence-electron chi connectivity index (χ1n) is 5.72. The maximum absolute atomic E-state index is 12.0. The minimum absolute atomic E-state index is 0.322. The molecule has 3 aliphatic rings. The molecule has 2 aliphatic heterocycles. The van der Waals surface area contributed by atoms with E-state index in [1.54, 1.807) is 0 Å².